The van der Waals surface area contributed by atoms with E-state index < -0.39 is 17.6 Å². The zero-order valence-corrected chi connectivity index (χ0v) is 10.9. The first-order valence-electron chi connectivity index (χ1n) is 5.54. The van der Waals surface area contributed by atoms with Crippen molar-refractivity contribution in [2.45, 2.75) is 12.3 Å². The summed E-state index contributed by atoms with van der Waals surface area (Å²) in [5, 5.41) is 10.1. The van der Waals surface area contributed by atoms with Crippen molar-refractivity contribution in [3.05, 3.63) is 47.0 Å². The van der Waals surface area contributed by atoms with Gasteiger partial charge in [0.25, 0.3) is 11.6 Å². The van der Waals surface area contributed by atoms with E-state index in [0.29, 0.717) is 0 Å². The lowest BCUT2D eigenvalue weighted by Crippen LogP contribution is -2.52. The summed E-state index contributed by atoms with van der Waals surface area (Å²) in [5.74, 6) is -1.56. The molecular formula is C13H12ClNO4. The van der Waals surface area contributed by atoms with Gasteiger partial charge < -0.3 is 9.84 Å². The lowest BCUT2D eigenvalue weighted by atomic mass is 10.1. The third kappa shape index (κ3) is 2.34. The van der Waals surface area contributed by atoms with Crippen LogP contribution in [0.15, 0.2) is 41.4 Å². The molecule has 0 aliphatic carbocycles. The van der Waals surface area contributed by atoms with Crippen molar-refractivity contribution in [2.24, 2.45) is 0 Å². The lowest BCUT2D eigenvalue weighted by molar-refractivity contribution is -0.178. The normalized spacial score (nSPS) is 22.4. The van der Waals surface area contributed by atoms with Crippen LogP contribution in [0.25, 0.3) is 0 Å². The van der Waals surface area contributed by atoms with Gasteiger partial charge in [-0.05, 0) is 5.56 Å². The Morgan fingerprint density at radius 1 is 1.42 bits per heavy atom. The fraction of sp³-hybridized carbons (Fsp3) is 0.231. The first-order valence-corrected chi connectivity index (χ1v) is 5.92. The van der Waals surface area contributed by atoms with Crippen LogP contribution >= 0.6 is 11.6 Å². The summed E-state index contributed by atoms with van der Waals surface area (Å²) >= 11 is 5.71. The number of hydrogen-bond acceptors (Lipinski definition) is 4. The molecule has 0 saturated heterocycles. The van der Waals surface area contributed by atoms with Crippen LogP contribution in [0.4, 0.5) is 0 Å². The van der Waals surface area contributed by atoms with Crippen molar-refractivity contribution in [3.8, 4) is 0 Å². The van der Waals surface area contributed by atoms with E-state index in [1.807, 2.05) is 6.07 Å². The summed E-state index contributed by atoms with van der Waals surface area (Å²) < 4.78 is 4.52. The van der Waals surface area contributed by atoms with Crippen LogP contribution in [-0.4, -0.2) is 34.7 Å². The molecule has 1 aliphatic heterocycles. The molecule has 0 radical (unpaired) electrons. The fourth-order valence-electron chi connectivity index (χ4n) is 1.88. The average Bonchev–Trinajstić information content (AvgIpc) is 2.64. The van der Waals surface area contributed by atoms with Gasteiger partial charge in [-0.2, -0.15) is 0 Å². The van der Waals surface area contributed by atoms with Gasteiger partial charge in [0.05, 0.1) is 7.11 Å². The van der Waals surface area contributed by atoms with Gasteiger partial charge in [-0.1, -0.05) is 41.9 Å². The van der Waals surface area contributed by atoms with Crippen molar-refractivity contribution in [1.29, 1.82) is 0 Å². The quantitative estimate of drug-likeness (QED) is 0.840. The number of ether oxygens (including phenoxy) is 1. The maximum absolute atomic E-state index is 11.9. The molecule has 100 valence electrons. The van der Waals surface area contributed by atoms with E-state index in [-0.39, 0.29) is 11.6 Å². The van der Waals surface area contributed by atoms with Crippen LogP contribution in [0.1, 0.15) is 5.56 Å². The molecule has 1 aromatic carbocycles. The smallest absolute Gasteiger partial charge is 0.364 e. The van der Waals surface area contributed by atoms with Crippen LogP contribution in [0.3, 0.4) is 0 Å². The van der Waals surface area contributed by atoms with Crippen LogP contribution in [0.2, 0.25) is 0 Å². The molecule has 0 fully saturated rings. The number of methoxy groups -OCH3 is 1. The molecule has 0 bridgehead atoms. The minimum absolute atomic E-state index is 0.0536. The number of nitrogens with zero attached hydrogens (tertiary/aromatic N) is 1. The third-order valence-electron chi connectivity index (χ3n) is 2.86. The van der Waals surface area contributed by atoms with E-state index in [9.17, 15) is 14.7 Å². The molecule has 1 aliphatic rings. The Morgan fingerprint density at radius 2 is 2.05 bits per heavy atom. The molecule has 5 nitrogen and oxygen atoms in total. The largest absolute Gasteiger partial charge is 0.465 e. The van der Waals surface area contributed by atoms with Gasteiger partial charge >= 0.3 is 5.97 Å². The Morgan fingerprint density at radius 3 is 2.63 bits per heavy atom. The van der Waals surface area contributed by atoms with Gasteiger partial charge in [-0.25, -0.2) is 4.79 Å². The maximum Gasteiger partial charge on any atom is 0.364 e. The predicted octanol–water partition coefficient (Wildman–Crippen LogP) is 1.01. The summed E-state index contributed by atoms with van der Waals surface area (Å²) in [7, 11) is 1.13. The molecule has 1 N–H and O–H groups in total. The molecule has 6 heteroatoms. The summed E-state index contributed by atoms with van der Waals surface area (Å²) in [6, 6.07) is 8.96. The van der Waals surface area contributed by atoms with Crippen molar-refractivity contribution in [1.82, 2.24) is 4.90 Å². The number of carbonyl (C=O) groups is 2. The molecule has 0 saturated carbocycles. The minimum Gasteiger partial charge on any atom is -0.465 e. The summed E-state index contributed by atoms with van der Waals surface area (Å²) in [4.78, 5) is 24.5. The minimum atomic E-state index is -2.15. The van der Waals surface area contributed by atoms with Gasteiger partial charge in [0, 0.05) is 12.6 Å². The second-order valence-electron chi connectivity index (χ2n) is 4.09. The van der Waals surface area contributed by atoms with Crippen molar-refractivity contribution in [2.75, 3.05) is 7.11 Å². The molecule has 0 aromatic heterocycles. The SMILES string of the molecule is COC(=O)C1(O)C=C(Cl)C(=O)N1Cc1ccccc1. The number of hydrogen-bond donors (Lipinski definition) is 1. The topological polar surface area (TPSA) is 66.8 Å². The Hall–Kier alpha value is -1.85. The Balaban J connectivity index is 2.32. The highest BCUT2D eigenvalue weighted by Gasteiger charge is 2.50. The van der Waals surface area contributed by atoms with Crippen molar-refractivity contribution < 1.29 is 19.4 Å². The highest BCUT2D eigenvalue weighted by Crippen LogP contribution is 2.31. The van der Waals surface area contributed by atoms with Gasteiger partial charge in [0.15, 0.2) is 0 Å². The number of carbonyl (C=O) groups excluding carboxylic acids is 2. The Bertz CT molecular complexity index is 543. The van der Waals surface area contributed by atoms with E-state index in [1.165, 1.54) is 0 Å². The van der Waals surface area contributed by atoms with Crippen molar-refractivity contribution in [3.63, 3.8) is 0 Å². The van der Waals surface area contributed by atoms with Crippen LogP contribution in [0.5, 0.6) is 0 Å². The zero-order valence-electron chi connectivity index (χ0n) is 10.2. The second kappa shape index (κ2) is 5.03. The number of aliphatic hydroxyl groups is 1. The molecule has 2 rings (SSSR count). The highest BCUT2D eigenvalue weighted by molar-refractivity contribution is 6.43. The van der Waals surface area contributed by atoms with E-state index in [0.717, 1.165) is 23.6 Å². The first kappa shape index (κ1) is 13.6. The summed E-state index contributed by atoms with van der Waals surface area (Å²) in [6.45, 7) is 0.0536. The van der Waals surface area contributed by atoms with Gasteiger partial charge in [0.1, 0.15) is 5.03 Å². The number of benzene rings is 1. The summed E-state index contributed by atoms with van der Waals surface area (Å²) in [5.41, 5.74) is -1.39. The van der Waals surface area contributed by atoms with E-state index >= 15 is 0 Å². The van der Waals surface area contributed by atoms with Gasteiger partial charge in [-0.3, -0.25) is 9.69 Å². The van der Waals surface area contributed by atoms with Gasteiger partial charge in [0.2, 0.25) is 0 Å². The number of amides is 1. The zero-order chi connectivity index (χ0) is 14.0. The fourth-order valence-corrected chi connectivity index (χ4v) is 2.13. The number of rotatable bonds is 3. The monoisotopic (exact) mass is 281 g/mol. The average molecular weight is 282 g/mol. The first-order chi connectivity index (χ1) is 8.99. The predicted molar refractivity (Wildman–Crippen MR) is 67.9 cm³/mol. The third-order valence-corrected chi connectivity index (χ3v) is 3.13. The molecular weight excluding hydrogens is 270 g/mol. The molecule has 1 unspecified atom stereocenters. The molecule has 0 spiro atoms. The maximum atomic E-state index is 11.9. The Kier molecular flexibility index (Phi) is 3.59. The van der Waals surface area contributed by atoms with Crippen LogP contribution < -0.4 is 0 Å². The highest BCUT2D eigenvalue weighted by atomic mass is 35.5. The molecule has 1 heterocycles. The molecule has 1 aromatic rings. The molecule has 19 heavy (non-hydrogen) atoms. The lowest BCUT2D eigenvalue weighted by Gasteiger charge is -2.30. The van der Waals surface area contributed by atoms with Gasteiger partial charge in [-0.15, -0.1) is 0 Å². The van der Waals surface area contributed by atoms with E-state index in [4.69, 9.17) is 11.6 Å². The molecule has 1 atom stereocenters. The second-order valence-corrected chi connectivity index (χ2v) is 4.49. The standard InChI is InChI=1S/C13H12ClNO4/c1-19-12(17)13(18)7-10(14)11(16)15(13)8-9-5-3-2-4-6-9/h2-7,18H,8H2,1H3. The number of esters is 1. The number of halogens is 1. The Labute approximate surface area is 115 Å². The van der Waals surface area contributed by atoms with Crippen LogP contribution in [0, 0.1) is 0 Å². The van der Waals surface area contributed by atoms with E-state index in [1.54, 1.807) is 24.3 Å². The van der Waals surface area contributed by atoms with Crippen molar-refractivity contribution >= 4 is 23.5 Å². The van der Waals surface area contributed by atoms with E-state index in [2.05, 4.69) is 4.74 Å². The molecule has 1 amide bonds. The van der Waals surface area contributed by atoms with Crippen LogP contribution in [-0.2, 0) is 20.9 Å². The summed E-state index contributed by atoms with van der Waals surface area (Å²) in [6.07, 6.45) is 0.992.